The Morgan fingerprint density at radius 3 is 1.36 bits per heavy atom. The van der Waals surface area contributed by atoms with Crippen LogP contribution in [0.2, 0.25) is 0 Å². The molecule has 0 rings (SSSR count). The zero-order chi connectivity index (χ0) is 18.9. The molecule has 0 spiro atoms. The van der Waals surface area contributed by atoms with Crippen molar-refractivity contribution in [1.29, 1.82) is 0 Å². The van der Waals surface area contributed by atoms with Crippen LogP contribution in [-0.2, 0) is 19.1 Å². The third-order valence-electron chi connectivity index (χ3n) is 4.04. The first-order valence-electron chi connectivity index (χ1n) is 10.2. The lowest BCUT2D eigenvalue weighted by Gasteiger charge is -2.15. The van der Waals surface area contributed by atoms with Crippen molar-refractivity contribution in [3.05, 3.63) is 11.1 Å². The summed E-state index contributed by atoms with van der Waals surface area (Å²) >= 11 is 0. The maximum absolute atomic E-state index is 12.5. The van der Waals surface area contributed by atoms with E-state index in [1.54, 1.807) is 0 Å². The summed E-state index contributed by atoms with van der Waals surface area (Å²) in [7, 11) is 0. The second-order valence-corrected chi connectivity index (χ2v) is 6.50. The largest absolute Gasteiger partial charge is 0.462 e. The van der Waals surface area contributed by atoms with E-state index in [-0.39, 0.29) is 11.9 Å². The van der Waals surface area contributed by atoms with Gasteiger partial charge < -0.3 is 9.47 Å². The summed E-state index contributed by atoms with van der Waals surface area (Å²) in [6.45, 7) is 9.00. The topological polar surface area (TPSA) is 52.6 Å². The zero-order valence-electron chi connectivity index (χ0n) is 16.8. The van der Waals surface area contributed by atoms with Crippen LogP contribution in [0.5, 0.6) is 0 Å². The van der Waals surface area contributed by atoms with Crippen molar-refractivity contribution in [2.45, 2.75) is 98.3 Å². The molecule has 4 nitrogen and oxygen atoms in total. The molecular formula is C21H38O4. The highest BCUT2D eigenvalue weighted by molar-refractivity contribution is 6.00. The molecule has 0 aliphatic rings. The Morgan fingerprint density at radius 2 is 0.960 bits per heavy atom. The molecule has 0 N–H and O–H groups in total. The van der Waals surface area contributed by atoms with Crippen molar-refractivity contribution in [2.75, 3.05) is 13.2 Å². The molecule has 0 atom stereocenters. The van der Waals surface area contributed by atoms with Crippen LogP contribution in [-0.4, -0.2) is 25.2 Å². The second-order valence-electron chi connectivity index (χ2n) is 6.50. The van der Waals surface area contributed by atoms with Crippen LogP contribution < -0.4 is 0 Å². The molecule has 4 heteroatoms. The molecule has 0 heterocycles. The lowest BCUT2D eigenvalue weighted by atomic mass is 9.97. The molecule has 0 saturated heterocycles. The van der Waals surface area contributed by atoms with E-state index in [1.165, 1.54) is 0 Å². The van der Waals surface area contributed by atoms with Crippen LogP contribution in [0.3, 0.4) is 0 Å². The minimum atomic E-state index is -0.336. The molecule has 146 valence electrons. The molecule has 0 radical (unpaired) electrons. The van der Waals surface area contributed by atoms with Gasteiger partial charge in [-0.3, -0.25) is 0 Å². The van der Waals surface area contributed by atoms with E-state index in [0.29, 0.717) is 37.2 Å². The van der Waals surface area contributed by atoms with Gasteiger partial charge in [0.2, 0.25) is 0 Å². The van der Waals surface area contributed by atoms with E-state index < -0.39 is 0 Å². The van der Waals surface area contributed by atoms with Crippen LogP contribution in [0, 0.1) is 0 Å². The van der Waals surface area contributed by atoms with E-state index in [1.807, 2.05) is 13.8 Å². The number of esters is 2. The molecule has 0 bridgehead atoms. The van der Waals surface area contributed by atoms with Gasteiger partial charge in [-0.15, -0.1) is 0 Å². The number of ether oxygens (including phenoxy) is 2. The van der Waals surface area contributed by atoms with Gasteiger partial charge >= 0.3 is 11.9 Å². The number of rotatable bonds is 15. The Kier molecular flexibility index (Phi) is 15.3. The van der Waals surface area contributed by atoms with Gasteiger partial charge in [0.05, 0.1) is 13.2 Å². The standard InChI is InChI=1S/C21H38O4/c1-5-9-11-13-15-19(21(23)25-17-8-4)18(14-12-10-6-2)20(22)24-16-7-3/h5-17H2,1-4H3. The fourth-order valence-electron chi connectivity index (χ4n) is 2.60. The highest BCUT2D eigenvalue weighted by Gasteiger charge is 2.22. The summed E-state index contributed by atoms with van der Waals surface area (Å²) in [4.78, 5) is 25.0. The van der Waals surface area contributed by atoms with E-state index >= 15 is 0 Å². The molecule has 0 fully saturated rings. The molecule has 0 amide bonds. The number of carbonyl (C=O) groups is 2. The fourth-order valence-corrected chi connectivity index (χ4v) is 2.60. The average molecular weight is 355 g/mol. The molecule has 0 aliphatic carbocycles. The smallest absolute Gasteiger partial charge is 0.334 e. The molecular weight excluding hydrogens is 316 g/mol. The monoisotopic (exact) mass is 354 g/mol. The van der Waals surface area contributed by atoms with E-state index in [2.05, 4.69) is 13.8 Å². The van der Waals surface area contributed by atoms with Crippen LogP contribution in [0.25, 0.3) is 0 Å². The van der Waals surface area contributed by atoms with Gasteiger partial charge in [-0.25, -0.2) is 9.59 Å². The second kappa shape index (κ2) is 16.2. The third-order valence-corrected chi connectivity index (χ3v) is 4.04. The third kappa shape index (κ3) is 11.0. The Labute approximate surface area is 154 Å². The van der Waals surface area contributed by atoms with Crippen molar-refractivity contribution >= 4 is 11.9 Å². The highest BCUT2D eigenvalue weighted by atomic mass is 16.5. The SMILES string of the molecule is CCCCCCC(C(=O)OCCC)=C(CCCCC)C(=O)OCCC. The summed E-state index contributed by atoms with van der Waals surface area (Å²) < 4.78 is 10.7. The van der Waals surface area contributed by atoms with Crippen LogP contribution in [0.1, 0.15) is 98.3 Å². The maximum atomic E-state index is 12.5. The summed E-state index contributed by atoms with van der Waals surface area (Å²) in [6.07, 6.45) is 10.0. The van der Waals surface area contributed by atoms with Gasteiger partial charge in [-0.1, -0.05) is 59.8 Å². The minimum Gasteiger partial charge on any atom is -0.462 e. The van der Waals surface area contributed by atoms with Gasteiger partial charge in [0, 0.05) is 11.1 Å². The van der Waals surface area contributed by atoms with E-state index in [9.17, 15) is 9.59 Å². The summed E-state index contributed by atoms with van der Waals surface area (Å²) in [6, 6.07) is 0. The van der Waals surface area contributed by atoms with Crippen molar-refractivity contribution in [1.82, 2.24) is 0 Å². The Balaban J connectivity index is 5.32. The summed E-state index contributed by atoms with van der Waals surface area (Å²) in [5, 5.41) is 0. The predicted molar refractivity (Wildman–Crippen MR) is 102 cm³/mol. The van der Waals surface area contributed by atoms with Crippen LogP contribution in [0.15, 0.2) is 11.1 Å². The highest BCUT2D eigenvalue weighted by Crippen LogP contribution is 2.22. The number of unbranched alkanes of at least 4 members (excludes halogenated alkanes) is 5. The predicted octanol–water partition coefficient (Wildman–Crippen LogP) is 5.74. The minimum absolute atomic E-state index is 0.335. The Bertz CT molecular complexity index is 399. The quantitative estimate of drug-likeness (QED) is 0.214. The van der Waals surface area contributed by atoms with Gasteiger partial charge in [0.1, 0.15) is 0 Å². The summed E-state index contributed by atoms with van der Waals surface area (Å²) in [5.41, 5.74) is 1.08. The van der Waals surface area contributed by atoms with E-state index in [4.69, 9.17) is 9.47 Å². The lowest BCUT2D eigenvalue weighted by molar-refractivity contribution is -0.142. The Hall–Kier alpha value is -1.32. The van der Waals surface area contributed by atoms with Crippen molar-refractivity contribution < 1.29 is 19.1 Å². The van der Waals surface area contributed by atoms with E-state index in [0.717, 1.165) is 57.8 Å². The van der Waals surface area contributed by atoms with Crippen LogP contribution in [0.4, 0.5) is 0 Å². The van der Waals surface area contributed by atoms with Crippen molar-refractivity contribution in [3.8, 4) is 0 Å². The van der Waals surface area contributed by atoms with Gasteiger partial charge in [-0.05, 0) is 38.5 Å². The van der Waals surface area contributed by atoms with Crippen LogP contribution >= 0.6 is 0 Å². The first-order valence-corrected chi connectivity index (χ1v) is 10.2. The first-order chi connectivity index (χ1) is 12.1. The molecule has 25 heavy (non-hydrogen) atoms. The molecule has 0 unspecified atom stereocenters. The van der Waals surface area contributed by atoms with Gasteiger partial charge in [0.15, 0.2) is 0 Å². The first kappa shape index (κ1) is 23.7. The summed E-state index contributed by atoms with van der Waals surface area (Å²) in [5.74, 6) is -0.671. The maximum Gasteiger partial charge on any atom is 0.334 e. The van der Waals surface area contributed by atoms with Crippen molar-refractivity contribution in [2.24, 2.45) is 0 Å². The molecule has 0 aliphatic heterocycles. The fraction of sp³-hybridized carbons (Fsp3) is 0.810. The van der Waals surface area contributed by atoms with Gasteiger partial charge in [-0.2, -0.15) is 0 Å². The zero-order valence-corrected chi connectivity index (χ0v) is 16.8. The molecule has 0 saturated carbocycles. The number of hydrogen-bond donors (Lipinski definition) is 0. The normalized spacial score (nSPS) is 11.8. The van der Waals surface area contributed by atoms with Gasteiger partial charge in [0.25, 0.3) is 0 Å². The molecule has 0 aromatic heterocycles. The lowest BCUT2D eigenvalue weighted by Crippen LogP contribution is -2.18. The average Bonchev–Trinajstić information content (AvgIpc) is 2.62. The van der Waals surface area contributed by atoms with Crippen molar-refractivity contribution in [3.63, 3.8) is 0 Å². The Morgan fingerprint density at radius 1 is 0.560 bits per heavy atom. The number of hydrogen-bond acceptors (Lipinski definition) is 4. The molecule has 0 aromatic carbocycles. The number of carbonyl (C=O) groups excluding carboxylic acids is 2. The molecule has 0 aromatic rings.